The van der Waals surface area contributed by atoms with Gasteiger partial charge in [-0.2, -0.15) is 13.2 Å². The van der Waals surface area contributed by atoms with Crippen LogP contribution in [0, 0.1) is 11.6 Å². The molecule has 0 aromatic heterocycles. The number of hydrogen-bond donors (Lipinski definition) is 1. The second kappa shape index (κ2) is 5.84. The molecule has 1 nitrogen and oxygen atoms in total. The Morgan fingerprint density at radius 1 is 1.18 bits per heavy atom. The highest BCUT2D eigenvalue weighted by Crippen LogP contribution is 2.31. The van der Waals surface area contributed by atoms with Crippen molar-refractivity contribution in [3.05, 3.63) is 34.4 Å². The third-order valence-corrected chi connectivity index (χ3v) is 2.08. The van der Waals surface area contributed by atoms with E-state index in [1.807, 2.05) is 0 Å². The third kappa shape index (κ3) is 4.65. The van der Waals surface area contributed by atoms with Crippen LogP contribution in [-0.4, -0.2) is 6.18 Å². The third-order valence-electron chi connectivity index (χ3n) is 1.87. The molecule has 1 aromatic carbocycles. The van der Waals surface area contributed by atoms with Crippen molar-refractivity contribution in [2.75, 3.05) is 0 Å². The van der Waals surface area contributed by atoms with E-state index in [9.17, 15) is 22.0 Å². The standard InChI is InChI=1S/C9H7ClF5N.ClH/c10-4-1-5(11)8(6(12)2-4)7(16)3-9(13,14)15;/h1-2,7H,3,16H2;1H/t7-;/m0./s1. The average molecular weight is 296 g/mol. The number of rotatable bonds is 2. The predicted molar refractivity (Wildman–Crippen MR) is 56.2 cm³/mol. The van der Waals surface area contributed by atoms with E-state index in [1.165, 1.54) is 0 Å². The van der Waals surface area contributed by atoms with E-state index in [1.54, 1.807) is 0 Å². The zero-order chi connectivity index (χ0) is 12.5. The van der Waals surface area contributed by atoms with Crippen molar-refractivity contribution in [2.45, 2.75) is 18.6 Å². The molecule has 0 bridgehead atoms. The molecule has 0 spiro atoms. The molecule has 0 amide bonds. The van der Waals surface area contributed by atoms with Gasteiger partial charge in [-0.25, -0.2) is 8.78 Å². The first-order valence-corrected chi connectivity index (χ1v) is 4.55. The van der Waals surface area contributed by atoms with Gasteiger partial charge in [0.1, 0.15) is 11.6 Å². The number of benzene rings is 1. The van der Waals surface area contributed by atoms with E-state index in [0.717, 1.165) is 12.1 Å². The highest BCUT2D eigenvalue weighted by atomic mass is 35.5. The van der Waals surface area contributed by atoms with E-state index in [0.29, 0.717) is 0 Å². The molecule has 8 heteroatoms. The summed E-state index contributed by atoms with van der Waals surface area (Å²) in [5.41, 5.74) is 4.29. The molecule has 0 aliphatic rings. The molecule has 0 fully saturated rings. The van der Waals surface area contributed by atoms with Gasteiger partial charge in [0.2, 0.25) is 0 Å². The van der Waals surface area contributed by atoms with Gasteiger partial charge in [0, 0.05) is 16.6 Å². The summed E-state index contributed by atoms with van der Waals surface area (Å²) in [6.45, 7) is 0. The predicted octanol–water partition coefficient (Wildman–Crippen LogP) is 3.99. The topological polar surface area (TPSA) is 26.0 Å². The molecule has 0 aliphatic carbocycles. The number of hydrogen-bond acceptors (Lipinski definition) is 1. The minimum Gasteiger partial charge on any atom is -0.323 e. The number of nitrogens with two attached hydrogens (primary N) is 1. The Morgan fingerprint density at radius 2 is 1.59 bits per heavy atom. The minimum absolute atomic E-state index is 0. The molecular formula is C9H8Cl2F5N. The van der Waals surface area contributed by atoms with Gasteiger partial charge in [0.15, 0.2) is 0 Å². The second-order valence-electron chi connectivity index (χ2n) is 3.21. The summed E-state index contributed by atoms with van der Waals surface area (Å²) in [4.78, 5) is 0. The van der Waals surface area contributed by atoms with E-state index in [4.69, 9.17) is 17.3 Å². The molecule has 0 saturated carbocycles. The summed E-state index contributed by atoms with van der Waals surface area (Å²) in [7, 11) is 0. The fourth-order valence-corrected chi connectivity index (χ4v) is 1.45. The van der Waals surface area contributed by atoms with Crippen LogP contribution in [0.15, 0.2) is 12.1 Å². The zero-order valence-corrected chi connectivity index (χ0v) is 9.76. The fourth-order valence-electron chi connectivity index (χ4n) is 1.26. The molecule has 17 heavy (non-hydrogen) atoms. The van der Waals surface area contributed by atoms with Crippen molar-refractivity contribution in [2.24, 2.45) is 5.73 Å². The largest absolute Gasteiger partial charge is 0.390 e. The molecular weight excluding hydrogens is 288 g/mol. The zero-order valence-electron chi connectivity index (χ0n) is 8.19. The van der Waals surface area contributed by atoms with E-state index < -0.39 is 35.8 Å². The van der Waals surface area contributed by atoms with Crippen molar-refractivity contribution in [3.63, 3.8) is 0 Å². The van der Waals surface area contributed by atoms with Crippen LogP contribution in [0.5, 0.6) is 0 Å². The van der Waals surface area contributed by atoms with Gasteiger partial charge in [0.25, 0.3) is 0 Å². The van der Waals surface area contributed by atoms with Crippen molar-refractivity contribution in [3.8, 4) is 0 Å². The van der Waals surface area contributed by atoms with Crippen LogP contribution in [0.3, 0.4) is 0 Å². The lowest BCUT2D eigenvalue weighted by Crippen LogP contribution is -2.22. The van der Waals surface area contributed by atoms with Gasteiger partial charge in [-0.3, -0.25) is 0 Å². The van der Waals surface area contributed by atoms with Crippen LogP contribution in [-0.2, 0) is 0 Å². The van der Waals surface area contributed by atoms with Gasteiger partial charge >= 0.3 is 6.18 Å². The Hall–Kier alpha value is -0.590. The van der Waals surface area contributed by atoms with Gasteiger partial charge in [0.05, 0.1) is 6.42 Å². The van der Waals surface area contributed by atoms with Gasteiger partial charge in [-0.15, -0.1) is 12.4 Å². The molecule has 0 unspecified atom stereocenters. The van der Waals surface area contributed by atoms with Crippen molar-refractivity contribution < 1.29 is 22.0 Å². The maximum absolute atomic E-state index is 13.2. The summed E-state index contributed by atoms with van der Waals surface area (Å²) in [6.07, 6.45) is -6.08. The maximum Gasteiger partial charge on any atom is 0.390 e. The minimum atomic E-state index is -4.59. The first kappa shape index (κ1) is 16.4. The molecule has 98 valence electrons. The second-order valence-corrected chi connectivity index (χ2v) is 3.65. The van der Waals surface area contributed by atoms with Crippen molar-refractivity contribution >= 4 is 24.0 Å². The van der Waals surface area contributed by atoms with Crippen LogP contribution in [0.25, 0.3) is 0 Å². The van der Waals surface area contributed by atoms with Crippen LogP contribution in [0.4, 0.5) is 22.0 Å². The van der Waals surface area contributed by atoms with E-state index >= 15 is 0 Å². The molecule has 0 saturated heterocycles. The maximum atomic E-state index is 13.2. The Bertz CT molecular complexity index is 370. The molecule has 1 rings (SSSR count). The molecule has 1 aromatic rings. The molecule has 1 atom stereocenters. The summed E-state index contributed by atoms with van der Waals surface area (Å²) in [5, 5.41) is -0.238. The number of alkyl halides is 3. The Balaban J connectivity index is 0.00000256. The Kier molecular flexibility index (Phi) is 5.64. The Labute approximate surface area is 105 Å². The molecule has 0 heterocycles. The van der Waals surface area contributed by atoms with Gasteiger partial charge < -0.3 is 5.73 Å². The average Bonchev–Trinajstić information content (AvgIpc) is 1.96. The van der Waals surface area contributed by atoms with Crippen molar-refractivity contribution in [1.29, 1.82) is 0 Å². The van der Waals surface area contributed by atoms with E-state index in [2.05, 4.69) is 0 Å². The highest BCUT2D eigenvalue weighted by Gasteiger charge is 2.33. The Morgan fingerprint density at radius 3 is 1.94 bits per heavy atom. The lowest BCUT2D eigenvalue weighted by Gasteiger charge is -2.16. The van der Waals surface area contributed by atoms with Crippen LogP contribution >= 0.6 is 24.0 Å². The molecule has 0 aliphatic heterocycles. The smallest absolute Gasteiger partial charge is 0.323 e. The molecule has 0 radical (unpaired) electrons. The van der Waals surface area contributed by atoms with Gasteiger partial charge in [-0.05, 0) is 12.1 Å². The lowest BCUT2D eigenvalue weighted by molar-refractivity contribution is -0.138. The highest BCUT2D eigenvalue weighted by molar-refractivity contribution is 6.30. The molecule has 2 N–H and O–H groups in total. The normalized spacial score (nSPS) is 13.1. The first-order valence-electron chi connectivity index (χ1n) is 4.17. The summed E-state index contributed by atoms with van der Waals surface area (Å²) >= 11 is 5.32. The number of halogens is 7. The van der Waals surface area contributed by atoms with E-state index in [-0.39, 0.29) is 17.4 Å². The van der Waals surface area contributed by atoms with Crippen molar-refractivity contribution in [1.82, 2.24) is 0 Å². The summed E-state index contributed by atoms with van der Waals surface area (Å²) in [6, 6.07) is -0.343. The van der Waals surface area contributed by atoms with Crippen LogP contribution < -0.4 is 5.73 Å². The lowest BCUT2D eigenvalue weighted by atomic mass is 10.0. The fraction of sp³-hybridized carbons (Fsp3) is 0.333. The quantitative estimate of drug-likeness (QED) is 0.820. The first-order chi connectivity index (χ1) is 7.20. The summed E-state index contributed by atoms with van der Waals surface area (Å²) < 4.78 is 62.3. The monoisotopic (exact) mass is 295 g/mol. The van der Waals surface area contributed by atoms with Gasteiger partial charge in [-0.1, -0.05) is 11.6 Å². The SMILES string of the molecule is Cl.N[C@@H](CC(F)(F)F)c1c(F)cc(Cl)cc1F. The van der Waals surface area contributed by atoms with Crippen LogP contribution in [0.2, 0.25) is 5.02 Å². The summed E-state index contributed by atoms with van der Waals surface area (Å²) in [5.74, 6) is -2.36. The van der Waals surface area contributed by atoms with Crippen LogP contribution in [0.1, 0.15) is 18.0 Å².